The maximum absolute atomic E-state index is 5.96. The molecule has 3 rings (SSSR count). The maximum Gasteiger partial charge on any atom is 0.247 e. The van der Waals surface area contributed by atoms with Gasteiger partial charge in [0.2, 0.25) is 18.2 Å². The number of benzene rings is 1. The Morgan fingerprint density at radius 1 is 1.00 bits per heavy atom. The van der Waals surface area contributed by atoms with Crippen molar-refractivity contribution in [2.45, 2.75) is 39.5 Å². The molecular formula is C18H20N4O2. The smallest absolute Gasteiger partial charge is 0.247 e. The van der Waals surface area contributed by atoms with Crippen molar-refractivity contribution in [1.29, 1.82) is 0 Å². The Balaban J connectivity index is 1.92. The Morgan fingerprint density at radius 3 is 2.50 bits per heavy atom. The van der Waals surface area contributed by atoms with Crippen LogP contribution in [-0.2, 0) is 0 Å². The van der Waals surface area contributed by atoms with Gasteiger partial charge in [-0.1, -0.05) is 33.8 Å². The molecule has 2 aromatic heterocycles. The van der Waals surface area contributed by atoms with Crippen LogP contribution in [-0.4, -0.2) is 20.2 Å². The molecule has 124 valence electrons. The molecule has 6 nitrogen and oxygen atoms in total. The fraction of sp³-hybridized carbons (Fsp3) is 0.333. The Hall–Kier alpha value is -2.76. The zero-order chi connectivity index (χ0) is 17.1. The lowest BCUT2D eigenvalue weighted by Gasteiger charge is -2.13. The third kappa shape index (κ3) is 3.59. The lowest BCUT2D eigenvalue weighted by Crippen LogP contribution is -2.04. The molecule has 0 aliphatic carbocycles. The van der Waals surface area contributed by atoms with Gasteiger partial charge in [0.05, 0.1) is 5.69 Å². The van der Waals surface area contributed by atoms with Crippen LogP contribution in [0.2, 0.25) is 0 Å². The van der Waals surface area contributed by atoms with Crippen LogP contribution in [0.15, 0.2) is 41.1 Å². The summed E-state index contributed by atoms with van der Waals surface area (Å²) < 4.78 is 11.2. The average Bonchev–Trinajstić information content (AvgIpc) is 3.09. The highest BCUT2D eigenvalue weighted by molar-refractivity contribution is 5.55. The van der Waals surface area contributed by atoms with Crippen LogP contribution in [0.1, 0.15) is 51.0 Å². The molecule has 6 heteroatoms. The standard InChI is InChI=1S/C18H20N4O2/c1-11(2)15-9-16(21-17(20-15)12(3)4)24-14-7-5-6-13(8-14)18-22-19-10-23-18/h5-12H,1-4H3. The summed E-state index contributed by atoms with van der Waals surface area (Å²) in [6.45, 7) is 8.34. The minimum absolute atomic E-state index is 0.232. The molecule has 1 aromatic carbocycles. The minimum atomic E-state index is 0.232. The first-order valence-corrected chi connectivity index (χ1v) is 7.96. The first kappa shape index (κ1) is 16.1. The molecule has 0 bridgehead atoms. The van der Waals surface area contributed by atoms with Crippen molar-refractivity contribution >= 4 is 0 Å². The molecule has 0 radical (unpaired) electrons. The third-order valence-corrected chi connectivity index (χ3v) is 3.51. The minimum Gasteiger partial charge on any atom is -0.439 e. The summed E-state index contributed by atoms with van der Waals surface area (Å²) in [4.78, 5) is 9.13. The largest absolute Gasteiger partial charge is 0.439 e. The van der Waals surface area contributed by atoms with Crippen LogP contribution in [0.4, 0.5) is 0 Å². The van der Waals surface area contributed by atoms with E-state index in [4.69, 9.17) is 9.15 Å². The summed E-state index contributed by atoms with van der Waals surface area (Å²) in [7, 11) is 0. The van der Waals surface area contributed by atoms with Crippen molar-refractivity contribution in [3.05, 3.63) is 48.2 Å². The van der Waals surface area contributed by atoms with E-state index in [1.165, 1.54) is 6.39 Å². The Bertz CT molecular complexity index is 787. The maximum atomic E-state index is 5.96. The van der Waals surface area contributed by atoms with Crippen LogP contribution in [0.5, 0.6) is 11.6 Å². The lowest BCUT2D eigenvalue weighted by atomic mass is 10.1. The zero-order valence-corrected chi connectivity index (χ0v) is 14.2. The van der Waals surface area contributed by atoms with E-state index in [0.29, 0.717) is 23.4 Å². The molecule has 0 aliphatic heterocycles. The topological polar surface area (TPSA) is 73.9 Å². The molecule has 2 heterocycles. The Kier molecular flexibility index (Phi) is 4.55. The number of hydrogen-bond acceptors (Lipinski definition) is 6. The monoisotopic (exact) mass is 324 g/mol. The van der Waals surface area contributed by atoms with Crippen LogP contribution in [0, 0.1) is 0 Å². The number of hydrogen-bond donors (Lipinski definition) is 0. The van der Waals surface area contributed by atoms with Gasteiger partial charge in [-0.15, -0.1) is 10.2 Å². The van der Waals surface area contributed by atoms with Gasteiger partial charge in [-0.05, 0) is 24.1 Å². The SMILES string of the molecule is CC(C)c1cc(Oc2cccc(-c3nnco3)c2)nc(C(C)C)n1. The zero-order valence-electron chi connectivity index (χ0n) is 14.2. The van der Waals surface area contributed by atoms with Crippen LogP contribution in [0.25, 0.3) is 11.5 Å². The van der Waals surface area contributed by atoms with Crippen LogP contribution in [0.3, 0.4) is 0 Å². The fourth-order valence-corrected chi connectivity index (χ4v) is 2.18. The number of ether oxygens (including phenoxy) is 1. The molecule has 0 atom stereocenters. The third-order valence-electron chi connectivity index (χ3n) is 3.51. The van der Waals surface area contributed by atoms with E-state index < -0.39 is 0 Å². The van der Waals surface area contributed by atoms with E-state index in [0.717, 1.165) is 17.1 Å². The molecule has 0 N–H and O–H groups in total. The van der Waals surface area contributed by atoms with Gasteiger partial charge in [0.15, 0.2) is 0 Å². The second-order valence-corrected chi connectivity index (χ2v) is 6.17. The predicted octanol–water partition coefficient (Wildman–Crippen LogP) is 4.57. The normalized spacial score (nSPS) is 11.2. The van der Waals surface area contributed by atoms with Gasteiger partial charge in [0.1, 0.15) is 11.6 Å². The number of rotatable bonds is 5. The molecule has 0 fully saturated rings. The second-order valence-electron chi connectivity index (χ2n) is 6.17. The van der Waals surface area contributed by atoms with E-state index in [2.05, 4.69) is 47.9 Å². The van der Waals surface area contributed by atoms with Gasteiger partial charge in [-0.2, -0.15) is 4.98 Å². The van der Waals surface area contributed by atoms with Gasteiger partial charge in [0, 0.05) is 17.5 Å². The summed E-state index contributed by atoms with van der Waals surface area (Å²) in [6.07, 6.45) is 1.30. The fourth-order valence-electron chi connectivity index (χ4n) is 2.18. The molecule has 3 aromatic rings. The molecule has 0 spiro atoms. The molecule has 0 aliphatic rings. The summed E-state index contributed by atoms with van der Waals surface area (Å²) >= 11 is 0. The predicted molar refractivity (Wildman–Crippen MR) is 90.0 cm³/mol. The lowest BCUT2D eigenvalue weighted by molar-refractivity contribution is 0.454. The van der Waals surface area contributed by atoms with Crippen LogP contribution < -0.4 is 4.74 Å². The average molecular weight is 324 g/mol. The number of aromatic nitrogens is 4. The van der Waals surface area contributed by atoms with Crippen molar-refractivity contribution in [2.24, 2.45) is 0 Å². The van der Waals surface area contributed by atoms with Crippen molar-refractivity contribution in [3.8, 4) is 23.1 Å². The first-order chi connectivity index (χ1) is 11.5. The summed E-state index contributed by atoms with van der Waals surface area (Å²) in [5.74, 6) is 2.97. The second kappa shape index (κ2) is 6.78. The molecule has 0 unspecified atom stereocenters. The molecule has 0 amide bonds. The molecule has 24 heavy (non-hydrogen) atoms. The first-order valence-electron chi connectivity index (χ1n) is 7.96. The summed E-state index contributed by atoms with van der Waals surface area (Å²) in [6, 6.07) is 9.37. The van der Waals surface area contributed by atoms with E-state index in [1.54, 1.807) is 0 Å². The highest BCUT2D eigenvalue weighted by atomic mass is 16.5. The van der Waals surface area contributed by atoms with Gasteiger partial charge in [-0.3, -0.25) is 0 Å². The summed E-state index contributed by atoms with van der Waals surface area (Å²) in [5.41, 5.74) is 1.77. The number of nitrogens with zero attached hydrogens (tertiary/aromatic N) is 4. The van der Waals surface area contributed by atoms with E-state index in [9.17, 15) is 0 Å². The van der Waals surface area contributed by atoms with Crippen molar-refractivity contribution < 1.29 is 9.15 Å². The van der Waals surface area contributed by atoms with Crippen molar-refractivity contribution in [2.75, 3.05) is 0 Å². The van der Waals surface area contributed by atoms with Gasteiger partial charge in [0.25, 0.3) is 0 Å². The van der Waals surface area contributed by atoms with Gasteiger partial charge >= 0.3 is 0 Å². The van der Waals surface area contributed by atoms with E-state index in [1.807, 2.05) is 30.3 Å². The Morgan fingerprint density at radius 2 is 1.83 bits per heavy atom. The van der Waals surface area contributed by atoms with Crippen LogP contribution >= 0.6 is 0 Å². The Labute approximate surface area is 140 Å². The van der Waals surface area contributed by atoms with Crippen molar-refractivity contribution in [3.63, 3.8) is 0 Å². The highest BCUT2D eigenvalue weighted by Gasteiger charge is 2.12. The summed E-state index contributed by atoms with van der Waals surface area (Å²) in [5, 5.41) is 7.61. The van der Waals surface area contributed by atoms with Gasteiger partial charge in [-0.25, -0.2) is 4.98 Å². The van der Waals surface area contributed by atoms with E-state index >= 15 is 0 Å². The van der Waals surface area contributed by atoms with Gasteiger partial charge < -0.3 is 9.15 Å². The quantitative estimate of drug-likeness (QED) is 0.684. The molecular weight excluding hydrogens is 304 g/mol. The highest BCUT2D eigenvalue weighted by Crippen LogP contribution is 2.27. The van der Waals surface area contributed by atoms with Crippen molar-refractivity contribution in [1.82, 2.24) is 20.2 Å². The molecule has 0 saturated heterocycles. The van der Waals surface area contributed by atoms with E-state index in [-0.39, 0.29) is 5.92 Å². The molecule has 0 saturated carbocycles.